The molecule has 0 saturated carbocycles. The van der Waals surface area contributed by atoms with Crippen LogP contribution in [0.2, 0.25) is 0 Å². The van der Waals surface area contributed by atoms with Crippen molar-refractivity contribution in [3.05, 3.63) is 34.3 Å². The van der Waals surface area contributed by atoms with E-state index in [0.717, 1.165) is 10.5 Å². The van der Waals surface area contributed by atoms with E-state index >= 15 is 0 Å². The highest BCUT2D eigenvalue weighted by atomic mass is 79.9. The molecule has 90 valence electrons. The van der Waals surface area contributed by atoms with Crippen molar-refractivity contribution in [2.24, 2.45) is 0 Å². The zero-order chi connectivity index (χ0) is 12.8. The molecule has 0 aromatic heterocycles. The summed E-state index contributed by atoms with van der Waals surface area (Å²) in [6.07, 6.45) is 2.29. The summed E-state index contributed by atoms with van der Waals surface area (Å²) in [5, 5.41) is 17.0. The largest absolute Gasteiger partial charge is 0.481 e. The maximum absolute atomic E-state index is 10.4. The molecule has 6 heteroatoms. The Morgan fingerprint density at radius 3 is 2.65 bits per heavy atom. The van der Waals surface area contributed by atoms with Crippen LogP contribution in [0.25, 0.3) is 6.08 Å². The van der Waals surface area contributed by atoms with Crippen LogP contribution in [-0.2, 0) is 9.59 Å². The van der Waals surface area contributed by atoms with Gasteiger partial charge in [0.25, 0.3) is 0 Å². The van der Waals surface area contributed by atoms with Gasteiger partial charge in [-0.15, -0.1) is 0 Å². The highest BCUT2D eigenvalue weighted by molar-refractivity contribution is 9.10. The lowest BCUT2D eigenvalue weighted by Crippen LogP contribution is -2.10. The molecule has 1 aromatic rings. The van der Waals surface area contributed by atoms with Crippen LogP contribution in [0.15, 0.2) is 28.7 Å². The number of halogens is 1. The molecule has 5 nitrogen and oxygen atoms in total. The third-order valence-corrected chi connectivity index (χ3v) is 2.22. The first-order valence-corrected chi connectivity index (χ1v) is 5.33. The van der Waals surface area contributed by atoms with Crippen molar-refractivity contribution >= 4 is 33.9 Å². The van der Waals surface area contributed by atoms with Crippen LogP contribution in [0.1, 0.15) is 5.56 Å². The minimum atomic E-state index is -1.10. The summed E-state index contributed by atoms with van der Waals surface area (Å²) >= 11 is 3.23. The lowest BCUT2D eigenvalue weighted by atomic mass is 10.2. The van der Waals surface area contributed by atoms with Crippen LogP contribution in [0, 0.1) is 0 Å². The van der Waals surface area contributed by atoms with E-state index in [4.69, 9.17) is 14.9 Å². The van der Waals surface area contributed by atoms with Gasteiger partial charge < -0.3 is 14.9 Å². The molecule has 0 unspecified atom stereocenters. The first kappa shape index (κ1) is 13.2. The van der Waals surface area contributed by atoms with Crippen LogP contribution < -0.4 is 4.74 Å². The maximum atomic E-state index is 10.4. The van der Waals surface area contributed by atoms with Gasteiger partial charge in [-0.2, -0.15) is 0 Å². The smallest absolute Gasteiger partial charge is 0.341 e. The Morgan fingerprint density at radius 1 is 1.35 bits per heavy atom. The Morgan fingerprint density at radius 2 is 2.06 bits per heavy atom. The highest BCUT2D eigenvalue weighted by Gasteiger charge is 2.05. The zero-order valence-electron chi connectivity index (χ0n) is 8.59. The number of carboxylic acids is 2. The van der Waals surface area contributed by atoms with E-state index in [2.05, 4.69) is 15.9 Å². The second-order valence-electron chi connectivity index (χ2n) is 3.04. The van der Waals surface area contributed by atoms with Gasteiger partial charge in [-0.3, -0.25) is 0 Å². The van der Waals surface area contributed by atoms with Gasteiger partial charge in [0.2, 0.25) is 0 Å². The third kappa shape index (κ3) is 4.69. The van der Waals surface area contributed by atoms with Crippen molar-refractivity contribution in [1.82, 2.24) is 0 Å². The van der Waals surface area contributed by atoms with E-state index in [1.807, 2.05) is 0 Å². The number of rotatable bonds is 5. The molecule has 0 aliphatic carbocycles. The van der Waals surface area contributed by atoms with E-state index in [1.165, 1.54) is 6.08 Å². The molecule has 0 spiro atoms. The number of hydrogen-bond donors (Lipinski definition) is 2. The molecular formula is C11H9BrO5. The summed E-state index contributed by atoms with van der Waals surface area (Å²) in [7, 11) is 0. The average Bonchev–Trinajstić information content (AvgIpc) is 2.24. The van der Waals surface area contributed by atoms with Crippen LogP contribution in [-0.4, -0.2) is 28.8 Å². The lowest BCUT2D eigenvalue weighted by Gasteiger charge is -2.07. The van der Waals surface area contributed by atoms with Crippen molar-refractivity contribution in [3.63, 3.8) is 0 Å². The molecule has 0 bridgehead atoms. The molecule has 0 fully saturated rings. The molecule has 0 saturated heterocycles. The molecule has 2 N–H and O–H groups in total. The van der Waals surface area contributed by atoms with Gasteiger partial charge in [-0.05, 0) is 24.3 Å². The first-order valence-electron chi connectivity index (χ1n) is 4.54. The van der Waals surface area contributed by atoms with Crippen molar-refractivity contribution in [2.45, 2.75) is 0 Å². The summed E-state index contributed by atoms with van der Waals surface area (Å²) in [5.41, 5.74) is 0.489. The van der Waals surface area contributed by atoms with Gasteiger partial charge >= 0.3 is 11.9 Å². The summed E-state index contributed by atoms with van der Waals surface area (Å²) in [6.45, 7) is -0.477. The Labute approximate surface area is 105 Å². The monoisotopic (exact) mass is 300 g/mol. The van der Waals surface area contributed by atoms with E-state index in [0.29, 0.717) is 11.3 Å². The number of carboxylic acid groups (broad SMARTS) is 2. The van der Waals surface area contributed by atoms with Gasteiger partial charge in [-0.25, -0.2) is 9.59 Å². The van der Waals surface area contributed by atoms with Gasteiger partial charge in [0.1, 0.15) is 5.75 Å². The SMILES string of the molecule is O=C(O)C=Cc1cc(Br)ccc1OCC(=O)O. The molecule has 0 heterocycles. The molecule has 1 rings (SSSR count). The minimum Gasteiger partial charge on any atom is -0.481 e. The van der Waals surface area contributed by atoms with Crippen molar-refractivity contribution in [3.8, 4) is 5.75 Å². The van der Waals surface area contributed by atoms with Crippen molar-refractivity contribution < 1.29 is 24.5 Å². The number of aliphatic carboxylic acids is 2. The molecule has 17 heavy (non-hydrogen) atoms. The Bertz CT molecular complexity index is 467. The maximum Gasteiger partial charge on any atom is 0.341 e. The zero-order valence-corrected chi connectivity index (χ0v) is 10.2. The van der Waals surface area contributed by atoms with Crippen LogP contribution >= 0.6 is 15.9 Å². The predicted octanol–water partition coefficient (Wildman–Crippen LogP) is 2.01. The third-order valence-electron chi connectivity index (χ3n) is 1.73. The number of ether oxygens (including phenoxy) is 1. The van der Waals surface area contributed by atoms with E-state index in [1.54, 1.807) is 18.2 Å². The number of hydrogen-bond acceptors (Lipinski definition) is 3. The van der Waals surface area contributed by atoms with E-state index < -0.39 is 18.5 Å². The number of benzene rings is 1. The molecule has 0 aliphatic rings. The average molecular weight is 301 g/mol. The second kappa shape index (κ2) is 6.05. The fourth-order valence-corrected chi connectivity index (χ4v) is 1.46. The summed E-state index contributed by atoms with van der Waals surface area (Å²) in [5.74, 6) is -1.87. The topological polar surface area (TPSA) is 83.8 Å². The predicted molar refractivity (Wildman–Crippen MR) is 63.9 cm³/mol. The fraction of sp³-hybridized carbons (Fsp3) is 0.0909. The minimum absolute atomic E-state index is 0.313. The molecule has 0 radical (unpaired) electrons. The molecular weight excluding hydrogens is 292 g/mol. The van der Waals surface area contributed by atoms with Crippen LogP contribution in [0.5, 0.6) is 5.75 Å². The van der Waals surface area contributed by atoms with Gasteiger partial charge in [0, 0.05) is 16.1 Å². The normalized spacial score (nSPS) is 10.4. The van der Waals surface area contributed by atoms with Gasteiger partial charge in [0.05, 0.1) is 0 Å². The lowest BCUT2D eigenvalue weighted by molar-refractivity contribution is -0.139. The van der Waals surface area contributed by atoms with E-state index in [9.17, 15) is 9.59 Å². The first-order chi connectivity index (χ1) is 7.99. The molecule has 0 amide bonds. The van der Waals surface area contributed by atoms with Gasteiger partial charge in [-0.1, -0.05) is 15.9 Å². The van der Waals surface area contributed by atoms with Crippen molar-refractivity contribution in [1.29, 1.82) is 0 Å². The van der Waals surface area contributed by atoms with Crippen molar-refractivity contribution in [2.75, 3.05) is 6.61 Å². The summed E-state index contributed by atoms with van der Waals surface area (Å²) in [6, 6.07) is 4.88. The molecule has 0 atom stereocenters. The molecule has 0 aliphatic heterocycles. The standard InChI is InChI=1S/C11H9BrO5/c12-8-2-3-9(17-6-11(15)16)7(5-8)1-4-10(13)14/h1-5H,6H2,(H,13,14)(H,15,16). The second-order valence-corrected chi connectivity index (χ2v) is 3.95. The summed E-state index contributed by atoms with van der Waals surface area (Å²) in [4.78, 5) is 20.8. The van der Waals surface area contributed by atoms with Gasteiger partial charge in [0.15, 0.2) is 6.61 Å². The summed E-state index contributed by atoms with van der Waals surface area (Å²) < 4.78 is 5.76. The quantitative estimate of drug-likeness (QED) is 0.813. The Hall–Kier alpha value is -1.82. The number of carbonyl (C=O) groups is 2. The Balaban J connectivity index is 2.95. The highest BCUT2D eigenvalue weighted by Crippen LogP contribution is 2.24. The van der Waals surface area contributed by atoms with Crippen LogP contribution in [0.4, 0.5) is 0 Å². The fourth-order valence-electron chi connectivity index (χ4n) is 1.08. The Kier molecular flexibility index (Phi) is 4.71. The van der Waals surface area contributed by atoms with Crippen LogP contribution in [0.3, 0.4) is 0 Å². The molecule has 1 aromatic carbocycles. The van der Waals surface area contributed by atoms with E-state index in [-0.39, 0.29) is 0 Å².